The Balaban J connectivity index is 2.20. The van der Waals surface area contributed by atoms with Crippen LogP contribution < -0.4 is 0 Å². The molecule has 2 atom stereocenters. The van der Waals surface area contributed by atoms with Crippen molar-refractivity contribution in [3.05, 3.63) is 27.1 Å². The number of carbonyl (C=O) groups is 2. The molecule has 1 aliphatic heterocycles. The first-order valence-corrected chi connectivity index (χ1v) is 6.81. The number of carbonyl (C=O) groups excluding carboxylic acids is 1. The van der Waals surface area contributed by atoms with Gasteiger partial charge in [0.2, 0.25) is 0 Å². The maximum Gasteiger partial charge on any atom is 0.394 e. The zero-order valence-electron chi connectivity index (χ0n) is 10.7. The number of hydrogen-bond acceptors (Lipinski definition) is 5. The summed E-state index contributed by atoms with van der Waals surface area (Å²) in [7, 11) is 0. The summed E-state index contributed by atoms with van der Waals surface area (Å²) in [4.78, 5) is 33.6. The van der Waals surface area contributed by atoms with Crippen LogP contribution in [0.4, 0.5) is 18.2 Å². The number of hydrogen-bond donors (Lipinski definition) is 1. The molecule has 0 saturated carbocycles. The summed E-state index contributed by atoms with van der Waals surface area (Å²) in [5.74, 6) is -6.36. The first-order valence-electron chi connectivity index (χ1n) is 5.93. The van der Waals surface area contributed by atoms with E-state index in [9.17, 15) is 32.9 Å². The third-order valence-electron chi connectivity index (χ3n) is 3.36. The Morgan fingerprint density at radius 1 is 1.41 bits per heavy atom. The summed E-state index contributed by atoms with van der Waals surface area (Å²) in [6.45, 7) is -1.36. The molecule has 1 fully saturated rings. The van der Waals surface area contributed by atoms with Gasteiger partial charge in [0.25, 0.3) is 5.91 Å². The smallest absolute Gasteiger partial charge is 0.394 e. The molecule has 120 valence electrons. The number of thiophene rings is 1. The molecule has 2 rings (SSSR count). The van der Waals surface area contributed by atoms with E-state index in [0.717, 1.165) is 16.3 Å². The molecule has 0 aliphatic carbocycles. The summed E-state index contributed by atoms with van der Waals surface area (Å²) in [5.41, 5.74) is -0.122. The van der Waals surface area contributed by atoms with Gasteiger partial charge in [-0.25, -0.2) is 0 Å². The predicted octanol–water partition coefficient (Wildman–Crippen LogP) is 1.99. The van der Waals surface area contributed by atoms with Crippen LogP contribution in [0.15, 0.2) is 11.4 Å². The lowest BCUT2D eigenvalue weighted by Gasteiger charge is -2.18. The lowest BCUT2D eigenvalue weighted by molar-refractivity contribution is -0.380. The van der Waals surface area contributed by atoms with Gasteiger partial charge in [0, 0.05) is 24.5 Å². The molecule has 0 spiro atoms. The van der Waals surface area contributed by atoms with E-state index in [2.05, 4.69) is 0 Å². The van der Waals surface area contributed by atoms with Crippen molar-refractivity contribution >= 4 is 28.2 Å². The third kappa shape index (κ3) is 3.03. The number of halogens is 3. The number of carboxylic acid groups (broad SMARTS) is 1. The van der Waals surface area contributed by atoms with Crippen molar-refractivity contribution in [2.45, 2.75) is 6.18 Å². The number of likely N-dealkylation sites (tertiary alicyclic amines) is 1. The molecule has 1 aliphatic rings. The van der Waals surface area contributed by atoms with Crippen LogP contribution in [0.5, 0.6) is 0 Å². The van der Waals surface area contributed by atoms with Gasteiger partial charge in [-0.1, -0.05) is 11.3 Å². The number of alkyl halides is 3. The van der Waals surface area contributed by atoms with Gasteiger partial charge >= 0.3 is 17.1 Å². The molecule has 0 bridgehead atoms. The predicted molar refractivity (Wildman–Crippen MR) is 67.5 cm³/mol. The molecule has 1 saturated heterocycles. The number of amides is 1. The van der Waals surface area contributed by atoms with Gasteiger partial charge in [0.1, 0.15) is 0 Å². The van der Waals surface area contributed by atoms with Crippen molar-refractivity contribution in [1.29, 1.82) is 0 Å². The molecule has 22 heavy (non-hydrogen) atoms. The highest BCUT2D eigenvalue weighted by Crippen LogP contribution is 2.38. The summed E-state index contributed by atoms with van der Waals surface area (Å²) < 4.78 is 38.5. The number of nitro groups is 1. The second kappa shape index (κ2) is 5.55. The van der Waals surface area contributed by atoms with Gasteiger partial charge in [0.15, 0.2) is 0 Å². The van der Waals surface area contributed by atoms with E-state index in [-0.39, 0.29) is 10.6 Å². The van der Waals surface area contributed by atoms with Crippen LogP contribution in [0, 0.1) is 22.0 Å². The monoisotopic (exact) mass is 338 g/mol. The first kappa shape index (κ1) is 16.2. The number of aliphatic carboxylic acids is 1. The van der Waals surface area contributed by atoms with Crippen molar-refractivity contribution in [3.8, 4) is 0 Å². The Labute approximate surface area is 125 Å². The van der Waals surface area contributed by atoms with E-state index in [1.807, 2.05) is 0 Å². The highest BCUT2D eigenvalue weighted by Gasteiger charge is 2.53. The topological polar surface area (TPSA) is 101 Å². The molecule has 7 nitrogen and oxygen atoms in total. The second-order valence-corrected chi connectivity index (χ2v) is 5.62. The molecule has 0 unspecified atom stereocenters. The number of nitrogens with zero attached hydrogens (tertiary/aromatic N) is 2. The maximum atomic E-state index is 12.8. The van der Waals surface area contributed by atoms with Gasteiger partial charge in [-0.2, -0.15) is 13.2 Å². The molecular formula is C11H9F3N2O5S. The minimum absolute atomic E-state index is 0.122. The van der Waals surface area contributed by atoms with E-state index < -0.39 is 47.9 Å². The van der Waals surface area contributed by atoms with Gasteiger partial charge in [0.05, 0.1) is 22.3 Å². The van der Waals surface area contributed by atoms with Gasteiger partial charge in [-0.15, -0.1) is 0 Å². The molecule has 11 heteroatoms. The Kier molecular flexibility index (Phi) is 4.09. The normalized spacial score (nSPS) is 21.9. The fraction of sp³-hybridized carbons (Fsp3) is 0.455. The molecule has 1 aromatic heterocycles. The van der Waals surface area contributed by atoms with E-state index in [0.29, 0.717) is 11.3 Å². The highest BCUT2D eigenvalue weighted by molar-refractivity contribution is 7.13. The van der Waals surface area contributed by atoms with Crippen molar-refractivity contribution in [2.24, 2.45) is 11.8 Å². The third-order valence-corrected chi connectivity index (χ3v) is 4.24. The highest BCUT2D eigenvalue weighted by atomic mass is 32.1. The van der Waals surface area contributed by atoms with Crippen LogP contribution in [0.3, 0.4) is 0 Å². The largest absolute Gasteiger partial charge is 0.481 e. The molecule has 1 aromatic rings. The number of carboxylic acids is 1. The summed E-state index contributed by atoms with van der Waals surface area (Å²) in [6.07, 6.45) is -4.74. The van der Waals surface area contributed by atoms with E-state index in [1.54, 1.807) is 0 Å². The maximum absolute atomic E-state index is 12.8. The average Bonchev–Trinajstić information content (AvgIpc) is 3.04. The zero-order chi connectivity index (χ0) is 16.7. The van der Waals surface area contributed by atoms with Crippen LogP contribution in [0.25, 0.3) is 0 Å². The molecule has 1 N–H and O–H groups in total. The SMILES string of the molecule is O=C(O)[C@@H]1CN(C(=O)c2csc([N+](=O)[O-])c2)C[C@H]1C(F)(F)F. The summed E-state index contributed by atoms with van der Waals surface area (Å²) >= 11 is 0.673. The van der Waals surface area contributed by atoms with E-state index in [1.165, 1.54) is 0 Å². The van der Waals surface area contributed by atoms with Crippen molar-refractivity contribution in [1.82, 2.24) is 4.90 Å². The van der Waals surface area contributed by atoms with E-state index >= 15 is 0 Å². The molecule has 2 heterocycles. The summed E-state index contributed by atoms with van der Waals surface area (Å²) in [5, 5.41) is 20.3. The molecular weight excluding hydrogens is 329 g/mol. The Hall–Kier alpha value is -2.17. The lowest BCUT2D eigenvalue weighted by Crippen LogP contribution is -2.34. The van der Waals surface area contributed by atoms with Crippen LogP contribution in [-0.4, -0.2) is 46.1 Å². The minimum atomic E-state index is -4.74. The Morgan fingerprint density at radius 3 is 2.45 bits per heavy atom. The van der Waals surface area contributed by atoms with Crippen LogP contribution in [0.2, 0.25) is 0 Å². The molecule has 0 aromatic carbocycles. The second-order valence-electron chi connectivity index (χ2n) is 4.73. The van der Waals surface area contributed by atoms with Crippen LogP contribution >= 0.6 is 11.3 Å². The fourth-order valence-electron chi connectivity index (χ4n) is 2.27. The van der Waals surface area contributed by atoms with Gasteiger partial charge in [-0.05, 0) is 0 Å². The Bertz CT molecular complexity index is 629. The average molecular weight is 338 g/mol. The van der Waals surface area contributed by atoms with Crippen molar-refractivity contribution in [2.75, 3.05) is 13.1 Å². The van der Waals surface area contributed by atoms with Gasteiger partial charge in [-0.3, -0.25) is 19.7 Å². The number of rotatable bonds is 3. The fourth-order valence-corrected chi connectivity index (χ4v) is 2.96. The minimum Gasteiger partial charge on any atom is -0.481 e. The molecule has 0 radical (unpaired) electrons. The lowest BCUT2D eigenvalue weighted by atomic mass is 9.96. The van der Waals surface area contributed by atoms with Crippen LogP contribution in [-0.2, 0) is 4.79 Å². The zero-order valence-corrected chi connectivity index (χ0v) is 11.6. The quantitative estimate of drug-likeness (QED) is 0.671. The van der Waals surface area contributed by atoms with Crippen molar-refractivity contribution in [3.63, 3.8) is 0 Å². The van der Waals surface area contributed by atoms with E-state index in [4.69, 9.17) is 5.11 Å². The first-order chi connectivity index (χ1) is 10.1. The van der Waals surface area contributed by atoms with Crippen molar-refractivity contribution < 1.29 is 32.8 Å². The Morgan fingerprint density at radius 2 is 2.05 bits per heavy atom. The molecule has 1 amide bonds. The van der Waals surface area contributed by atoms with Gasteiger partial charge < -0.3 is 10.0 Å². The summed E-state index contributed by atoms with van der Waals surface area (Å²) in [6, 6.07) is 0.962. The van der Waals surface area contributed by atoms with Crippen LogP contribution in [0.1, 0.15) is 10.4 Å². The standard InChI is InChI=1S/C11H9F3N2O5S/c12-11(13,14)7-3-15(2-6(7)10(18)19)9(17)5-1-8(16(20)21)22-4-5/h1,4,6-7H,2-3H2,(H,18,19)/t6-,7-/m1/s1.